The molecule has 0 saturated heterocycles. The maximum atomic E-state index is 10.3. The summed E-state index contributed by atoms with van der Waals surface area (Å²) in [6, 6.07) is 0. The lowest BCUT2D eigenvalue weighted by molar-refractivity contribution is -0.118. The lowest BCUT2D eigenvalue weighted by atomic mass is 10.5. The molecule has 1 amide bonds. The Morgan fingerprint density at radius 2 is 2.11 bits per heavy atom. The molecule has 3 nitrogen and oxygen atoms in total. The largest absolute Gasteiger partial charge is 0.369 e. The van der Waals surface area contributed by atoms with Crippen molar-refractivity contribution in [2.75, 3.05) is 19.6 Å². The molecule has 1 heterocycles. The van der Waals surface area contributed by atoms with Gasteiger partial charge >= 0.3 is 0 Å². The fourth-order valence-electron chi connectivity index (χ4n) is 0.871. The minimum absolute atomic E-state index is 0.251. The molecule has 3 heteroatoms. The van der Waals surface area contributed by atoms with Gasteiger partial charge in [-0.2, -0.15) is 0 Å². The molecular weight excluding hydrogens is 116 g/mol. The molecule has 0 aromatic rings. The van der Waals surface area contributed by atoms with Crippen LogP contribution in [0, 0.1) is 0 Å². The predicted octanol–water partition coefficient (Wildman–Crippen LogP) is -0.656. The summed E-state index contributed by atoms with van der Waals surface area (Å²) in [5, 5.41) is 0. The molecule has 0 spiro atoms. The molecular formula is C6H10N2O. The van der Waals surface area contributed by atoms with Crippen LogP contribution in [0.25, 0.3) is 0 Å². The molecule has 9 heavy (non-hydrogen) atoms. The first kappa shape index (κ1) is 6.29. The van der Waals surface area contributed by atoms with Crippen molar-refractivity contribution >= 4 is 5.91 Å². The zero-order valence-electron chi connectivity index (χ0n) is 5.21. The average molecular weight is 126 g/mol. The Morgan fingerprint density at radius 3 is 2.56 bits per heavy atom. The van der Waals surface area contributed by atoms with E-state index in [-0.39, 0.29) is 5.91 Å². The highest BCUT2D eigenvalue weighted by molar-refractivity contribution is 5.76. The SMILES string of the molecule is NC(=O)CN1CC=CC1. The molecule has 50 valence electrons. The number of rotatable bonds is 2. The van der Waals surface area contributed by atoms with Crippen LogP contribution in [0.2, 0.25) is 0 Å². The van der Waals surface area contributed by atoms with Gasteiger partial charge in [-0.15, -0.1) is 0 Å². The van der Waals surface area contributed by atoms with Gasteiger partial charge in [0, 0.05) is 13.1 Å². The Hall–Kier alpha value is -0.830. The second-order valence-corrected chi connectivity index (χ2v) is 2.13. The van der Waals surface area contributed by atoms with Gasteiger partial charge in [0.05, 0.1) is 6.54 Å². The highest BCUT2D eigenvalue weighted by atomic mass is 16.1. The Kier molecular flexibility index (Phi) is 1.85. The van der Waals surface area contributed by atoms with Crippen molar-refractivity contribution in [2.24, 2.45) is 5.73 Å². The van der Waals surface area contributed by atoms with Crippen LogP contribution in [-0.2, 0) is 4.79 Å². The Labute approximate surface area is 54.1 Å². The Bertz CT molecular complexity index is 134. The van der Waals surface area contributed by atoms with E-state index in [1.54, 1.807) is 0 Å². The van der Waals surface area contributed by atoms with Crippen LogP contribution in [0.4, 0.5) is 0 Å². The molecule has 0 saturated carbocycles. The first-order valence-electron chi connectivity index (χ1n) is 2.94. The third-order valence-electron chi connectivity index (χ3n) is 1.27. The van der Waals surface area contributed by atoms with Crippen LogP contribution in [0.15, 0.2) is 12.2 Å². The fourth-order valence-corrected chi connectivity index (χ4v) is 0.871. The molecule has 0 aromatic heterocycles. The second kappa shape index (κ2) is 2.64. The minimum Gasteiger partial charge on any atom is -0.369 e. The van der Waals surface area contributed by atoms with Gasteiger partial charge in [-0.25, -0.2) is 0 Å². The number of hydrogen-bond acceptors (Lipinski definition) is 2. The van der Waals surface area contributed by atoms with Gasteiger partial charge < -0.3 is 5.73 Å². The van der Waals surface area contributed by atoms with Crippen molar-refractivity contribution < 1.29 is 4.79 Å². The van der Waals surface area contributed by atoms with Gasteiger partial charge in [0.25, 0.3) is 0 Å². The molecule has 0 unspecified atom stereocenters. The Balaban J connectivity index is 2.22. The standard InChI is InChI=1S/C6H10N2O/c7-6(9)5-8-3-1-2-4-8/h1-2H,3-5H2,(H2,7,9). The lowest BCUT2D eigenvalue weighted by Gasteiger charge is -2.10. The van der Waals surface area contributed by atoms with Crippen molar-refractivity contribution in [3.63, 3.8) is 0 Å². The van der Waals surface area contributed by atoms with E-state index in [0.29, 0.717) is 6.54 Å². The van der Waals surface area contributed by atoms with Crippen LogP contribution in [0.1, 0.15) is 0 Å². The van der Waals surface area contributed by atoms with Gasteiger partial charge in [-0.3, -0.25) is 9.69 Å². The summed E-state index contributed by atoms with van der Waals surface area (Å²) in [5.41, 5.74) is 4.96. The number of amides is 1. The number of carbonyl (C=O) groups excluding carboxylic acids is 1. The molecule has 0 atom stereocenters. The molecule has 0 aliphatic carbocycles. The maximum absolute atomic E-state index is 10.3. The lowest BCUT2D eigenvalue weighted by Crippen LogP contribution is -2.31. The van der Waals surface area contributed by atoms with E-state index in [0.717, 1.165) is 13.1 Å². The number of hydrogen-bond donors (Lipinski definition) is 1. The van der Waals surface area contributed by atoms with E-state index in [2.05, 4.69) is 0 Å². The third kappa shape index (κ3) is 1.85. The molecule has 1 rings (SSSR count). The monoisotopic (exact) mass is 126 g/mol. The molecule has 1 aliphatic heterocycles. The molecule has 1 aliphatic rings. The average Bonchev–Trinajstić information content (AvgIpc) is 2.15. The number of primary amides is 1. The van der Waals surface area contributed by atoms with Crippen LogP contribution >= 0.6 is 0 Å². The van der Waals surface area contributed by atoms with Crippen molar-refractivity contribution in [1.82, 2.24) is 4.90 Å². The minimum atomic E-state index is -0.251. The molecule has 2 N–H and O–H groups in total. The number of nitrogens with two attached hydrogens (primary N) is 1. The van der Waals surface area contributed by atoms with E-state index in [1.165, 1.54) is 0 Å². The van der Waals surface area contributed by atoms with Gasteiger partial charge in [0.15, 0.2) is 0 Å². The number of nitrogens with zero attached hydrogens (tertiary/aromatic N) is 1. The molecule has 0 aromatic carbocycles. The first-order valence-corrected chi connectivity index (χ1v) is 2.94. The topological polar surface area (TPSA) is 46.3 Å². The highest BCUT2D eigenvalue weighted by Crippen LogP contribution is 1.95. The second-order valence-electron chi connectivity index (χ2n) is 2.13. The first-order chi connectivity index (χ1) is 4.29. The van der Waals surface area contributed by atoms with Crippen molar-refractivity contribution in [2.45, 2.75) is 0 Å². The molecule has 0 radical (unpaired) electrons. The summed E-state index contributed by atoms with van der Waals surface area (Å²) in [7, 11) is 0. The predicted molar refractivity (Wildman–Crippen MR) is 34.8 cm³/mol. The van der Waals surface area contributed by atoms with Crippen LogP contribution in [0.5, 0.6) is 0 Å². The highest BCUT2D eigenvalue weighted by Gasteiger charge is 2.07. The van der Waals surface area contributed by atoms with E-state index in [1.807, 2.05) is 17.1 Å². The van der Waals surface area contributed by atoms with Gasteiger partial charge in [0.1, 0.15) is 0 Å². The normalized spacial score (nSPS) is 18.7. The zero-order valence-corrected chi connectivity index (χ0v) is 5.21. The van der Waals surface area contributed by atoms with Gasteiger partial charge in [-0.05, 0) is 0 Å². The maximum Gasteiger partial charge on any atom is 0.231 e. The van der Waals surface area contributed by atoms with Crippen LogP contribution in [-0.4, -0.2) is 30.4 Å². The molecule has 0 bridgehead atoms. The summed E-state index contributed by atoms with van der Waals surface area (Å²) < 4.78 is 0. The summed E-state index contributed by atoms with van der Waals surface area (Å²) in [6.45, 7) is 2.11. The van der Waals surface area contributed by atoms with Gasteiger partial charge in [0.2, 0.25) is 5.91 Å². The zero-order chi connectivity index (χ0) is 6.69. The third-order valence-corrected chi connectivity index (χ3v) is 1.27. The molecule has 0 fully saturated rings. The van der Waals surface area contributed by atoms with E-state index < -0.39 is 0 Å². The quantitative estimate of drug-likeness (QED) is 0.499. The smallest absolute Gasteiger partial charge is 0.231 e. The van der Waals surface area contributed by atoms with E-state index >= 15 is 0 Å². The van der Waals surface area contributed by atoms with E-state index in [4.69, 9.17) is 5.73 Å². The van der Waals surface area contributed by atoms with Crippen LogP contribution < -0.4 is 5.73 Å². The summed E-state index contributed by atoms with van der Waals surface area (Å²) in [4.78, 5) is 12.3. The summed E-state index contributed by atoms with van der Waals surface area (Å²) >= 11 is 0. The van der Waals surface area contributed by atoms with E-state index in [9.17, 15) is 4.79 Å². The van der Waals surface area contributed by atoms with Crippen molar-refractivity contribution in [3.05, 3.63) is 12.2 Å². The summed E-state index contributed by atoms with van der Waals surface area (Å²) in [5.74, 6) is -0.251. The van der Waals surface area contributed by atoms with Crippen molar-refractivity contribution in [1.29, 1.82) is 0 Å². The van der Waals surface area contributed by atoms with Crippen molar-refractivity contribution in [3.8, 4) is 0 Å². The number of carbonyl (C=O) groups is 1. The van der Waals surface area contributed by atoms with Crippen LogP contribution in [0.3, 0.4) is 0 Å². The summed E-state index contributed by atoms with van der Waals surface area (Å²) in [6.07, 6.45) is 4.06. The Morgan fingerprint density at radius 1 is 1.56 bits per heavy atom. The fraction of sp³-hybridized carbons (Fsp3) is 0.500. The van der Waals surface area contributed by atoms with Gasteiger partial charge in [-0.1, -0.05) is 12.2 Å².